The Labute approximate surface area is 190 Å². The van der Waals surface area contributed by atoms with Gasteiger partial charge in [0.15, 0.2) is 0 Å². The molecule has 0 saturated carbocycles. The molecule has 0 spiro atoms. The van der Waals surface area contributed by atoms with E-state index in [-0.39, 0.29) is 17.1 Å². The first-order valence-electron chi connectivity index (χ1n) is 10.5. The van der Waals surface area contributed by atoms with Crippen molar-refractivity contribution in [3.8, 4) is 0 Å². The van der Waals surface area contributed by atoms with Crippen molar-refractivity contribution < 1.29 is 17.1 Å². The average Bonchev–Trinajstić information content (AvgIpc) is 3.27. The summed E-state index contributed by atoms with van der Waals surface area (Å²) < 4.78 is 0. The van der Waals surface area contributed by atoms with Gasteiger partial charge in [-0.25, -0.2) is 24.3 Å². The third kappa shape index (κ3) is 3.28. The van der Waals surface area contributed by atoms with Gasteiger partial charge < -0.3 is 0 Å². The minimum absolute atomic E-state index is 0. The predicted molar refractivity (Wildman–Crippen MR) is 143 cm³/mol. The van der Waals surface area contributed by atoms with Crippen LogP contribution < -0.4 is 5.19 Å². The van der Waals surface area contributed by atoms with Gasteiger partial charge in [-0.15, -0.1) is 0 Å². The van der Waals surface area contributed by atoms with E-state index < -0.39 is 42.7 Å². The summed E-state index contributed by atoms with van der Waals surface area (Å²) in [6.45, 7) is 31.3. The van der Waals surface area contributed by atoms with E-state index in [1.165, 1.54) is 0 Å². The van der Waals surface area contributed by atoms with Crippen LogP contribution in [0.1, 0.15) is 0 Å². The van der Waals surface area contributed by atoms with Crippen LogP contribution in [0.25, 0.3) is 0 Å². The molecular weight excluding hydrogens is 477 g/mol. The van der Waals surface area contributed by atoms with Gasteiger partial charge in [0.25, 0.3) is 0 Å². The summed E-state index contributed by atoms with van der Waals surface area (Å²) in [5.74, 6) is 0. The number of hydrogen-bond acceptors (Lipinski definition) is 0. The molecule has 1 aliphatic heterocycles. The van der Waals surface area contributed by atoms with E-state index >= 15 is 0 Å². The molecule has 0 bridgehead atoms. The summed E-state index contributed by atoms with van der Waals surface area (Å²) in [4.78, 5) is 0. The van der Waals surface area contributed by atoms with Crippen LogP contribution in [0.15, 0.2) is 54.6 Å². The molecule has 0 nitrogen and oxygen atoms in total. The van der Waals surface area contributed by atoms with Gasteiger partial charge in [0, 0.05) is 42.7 Å². The Morgan fingerprint density at radius 3 is 1.11 bits per heavy atom. The molecule has 0 unspecified atom stereocenters. The Kier molecular flexibility index (Phi) is 7.80. The fourth-order valence-corrected chi connectivity index (χ4v) is 248. The van der Waals surface area contributed by atoms with Crippen LogP contribution in [0.5, 0.6) is 0 Å². The van der Waals surface area contributed by atoms with Gasteiger partial charge in [0.2, 0.25) is 0 Å². The molecule has 28 heavy (non-hydrogen) atoms. The van der Waals surface area contributed by atoms with Gasteiger partial charge in [-0.05, 0) is 0 Å². The summed E-state index contributed by atoms with van der Waals surface area (Å²) in [6, 6.07) is 19.7. The molecule has 0 N–H and O–H groups in total. The van der Waals surface area contributed by atoms with Crippen LogP contribution in [-0.2, 0) is 17.1 Å². The second-order valence-electron chi connectivity index (χ2n) is 11.4. The molecule has 0 aliphatic carbocycles. The van der Waals surface area contributed by atoms with Crippen LogP contribution in [0.2, 0.25) is 72.0 Å². The molecule has 0 aromatic heterocycles. The molecule has 0 radical (unpaired) electrons. The summed E-state index contributed by atoms with van der Waals surface area (Å²) in [6.07, 6.45) is 0. The Balaban J connectivity index is 0.000000567. The largest absolute Gasteiger partial charge is 2.00 e. The van der Waals surface area contributed by atoms with Crippen molar-refractivity contribution in [2.75, 3.05) is 0 Å². The zero-order valence-electron chi connectivity index (χ0n) is 20.0. The first kappa shape index (κ1) is 26.6. The zero-order valence-corrected chi connectivity index (χ0v) is 27.2. The maximum absolute atomic E-state index is 2.87. The second kappa shape index (κ2) is 8.22. The SMILES string of the molecule is C[Si]1(C)[Si](C)(C)[Si](C)(C)[Si](C)([c-]2cccc2)[Si](C)(C)[Si]1(C)C.[Fe+2].c1cc[cH-]c1. The van der Waals surface area contributed by atoms with E-state index in [2.05, 4.69) is 96.3 Å². The smallest absolute Gasteiger partial charge is 0.214 e. The molecule has 3 rings (SSSR count). The van der Waals surface area contributed by atoms with Crippen LogP contribution in [0.3, 0.4) is 0 Å². The maximum Gasteiger partial charge on any atom is 2.00 e. The van der Waals surface area contributed by atoms with Gasteiger partial charge in [-0.2, -0.15) is 35.5 Å². The van der Waals surface area contributed by atoms with E-state index in [0.29, 0.717) is 0 Å². The van der Waals surface area contributed by atoms with Crippen molar-refractivity contribution in [3.63, 3.8) is 0 Å². The van der Waals surface area contributed by atoms with E-state index in [9.17, 15) is 0 Å². The second-order valence-corrected chi connectivity index (χ2v) is 83.0. The van der Waals surface area contributed by atoms with E-state index in [4.69, 9.17) is 0 Å². The molecule has 2 aromatic rings. The quantitative estimate of drug-likeness (QED) is 0.315. The normalized spacial score (nSPS) is 25.0. The van der Waals surface area contributed by atoms with E-state index in [1.54, 1.807) is 0 Å². The molecule has 0 amide bonds. The molecule has 1 saturated heterocycles. The van der Waals surface area contributed by atoms with Crippen LogP contribution in [0, 0.1) is 0 Å². The predicted octanol–water partition coefficient (Wildman–Crippen LogP) is 6.12. The number of rotatable bonds is 1. The molecule has 1 aliphatic rings. The third-order valence-electron chi connectivity index (χ3n) is 10.5. The van der Waals surface area contributed by atoms with Crippen LogP contribution >= 0.6 is 0 Å². The standard InChI is InChI=1S/C16H37Si6.C5H5.Fe/c1-17(2)18(3,4)20(7,8)22(11,16-14-12-13-15-16)21(9,10)19(17,5)6;1-2-4-5-3-1;/h12-15H,1-11H3;1-5H;/q2*-1;+2. The molecule has 7 heteroatoms. The minimum Gasteiger partial charge on any atom is -0.214 e. The van der Waals surface area contributed by atoms with Crippen LogP contribution in [0.4, 0.5) is 0 Å². The van der Waals surface area contributed by atoms with Crippen LogP contribution in [-0.4, -0.2) is 42.7 Å². The maximum atomic E-state index is 2.87. The topological polar surface area (TPSA) is 0 Å². The number of hydrogen-bond donors (Lipinski definition) is 0. The van der Waals surface area contributed by atoms with Gasteiger partial charge >= 0.3 is 17.1 Å². The zero-order chi connectivity index (χ0) is 20.9. The van der Waals surface area contributed by atoms with Crippen molar-refractivity contribution in [3.05, 3.63) is 54.6 Å². The summed E-state index contributed by atoms with van der Waals surface area (Å²) in [7, 11) is -7.07. The fraction of sp³-hybridized carbons (Fsp3) is 0.524. The van der Waals surface area contributed by atoms with Gasteiger partial charge in [0.1, 0.15) is 0 Å². The van der Waals surface area contributed by atoms with Gasteiger partial charge in [-0.3, -0.25) is 0 Å². The Morgan fingerprint density at radius 2 is 0.821 bits per heavy atom. The van der Waals surface area contributed by atoms with E-state index in [0.717, 1.165) is 0 Å². The Bertz CT molecular complexity index is 695. The van der Waals surface area contributed by atoms with Crippen molar-refractivity contribution in [2.24, 2.45) is 0 Å². The van der Waals surface area contributed by atoms with Gasteiger partial charge in [-0.1, -0.05) is 72.0 Å². The minimum atomic E-state index is -1.34. The monoisotopic (exact) mass is 518 g/mol. The van der Waals surface area contributed by atoms with Crippen molar-refractivity contribution >= 4 is 47.8 Å². The fourth-order valence-electron chi connectivity index (χ4n) is 6.12. The molecule has 0 atom stereocenters. The first-order chi connectivity index (χ1) is 12.1. The average molecular weight is 519 g/mol. The van der Waals surface area contributed by atoms with Gasteiger partial charge in [0.05, 0.1) is 0 Å². The Hall–Kier alpha value is 0.521. The van der Waals surface area contributed by atoms with E-state index in [1.807, 2.05) is 35.5 Å². The third-order valence-corrected chi connectivity index (χ3v) is 163. The summed E-state index contributed by atoms with van der Waals surface area (Å²) >= 11 is 0. The van der Waals surface area contributed by atoms with Crippen molar-refractivity contribution in [2.45, 2.75) is 72.0 Å². The molecule has 1 heterocycles. The first-order valence-corrected chi connectivity index (χ1v) is 34.0. The Morgan fingerprint density at radius 1 is 0.500 bits per heavy atom. The summed E-state index contributed by atoms with van der Waals surface area (Å²) in [5.41, 5.74) is 0. The molecule has 158 valence electrons. The summed E-state index contributed by atoms with van der Waals surface area (Å²) in [5, 5.41) is 1.85. The molecular formula is C21H42FeSi6. The van der Waals surface area contributed by atoms with Crippen molar-refractivity contribution in [1.82, 2.24) is 0 Å². The van der Waals surface area contributed by atoms with Crippen molar-refractivity contribution in [1.29, 1.82) is 0 Å². The molecule has 1 fully saturated rings. The molecule has 2 aromatic carbocycles.